The third-order valence-electron chi connectivity index (χ3n) is 4.55. The molecule has 0 radical (unpaired) electrons. The van der Waals surface area contributed by atoms with Crippen LogP contribution in [0.15, 0.2) is 0 Å². The van der Waals surface area contributed by atoms with Gasteiger partial charge in [-0.3, -0.25) is 9.69 Å². The summed E-state index contributed by atoms with van der Waals surface area (Å²) in [6.07, 6.45) is 3.52. The second-order valence-electron chi connectivity index (χ2n) is 7.66. The van der Waals surface area contributed by atoms with E-state index >= 15 is 0 Å². The van der Waals surface area contributed by atoms with E-state index in [0.717, 1.165) is 32.2 Å². The lowest BCUT2D eigenvalue weighted by Gasteiger charge is -2.32. The van der Waals surface area contributed by atoms with Crippen LogP contribution in [0.5, 0.6) is 0 Å². The van der Waals surface area contributed by atoms with Crippen molar-refractivity contribution in [2.75, 3.05) is 26.7 Å². The molecule has 0 bridgehead atoms. The summed E-state index contributed by atoms with van der Waals surface area (Å²) in [6.45, 7) is 7.74. The van der Waals surface area contributed by atoms with E-state index in [-0.39, 0.29) is 18.1 Å². The van der Waals surface area contributed by atoms with Gasteiger partial charge in [-0.25, -0.2) is 4.79 Å². The topological polar surface area (TPSA) is 79.9 Å². The molecule has 24 heavy (non-hydrogen) atoms. The molecule has 2 saturated heterocycles. The molecular formula is C17H31N3O4. The molecule has 2 fully saturated rings. The monoisotopic (exact) mass is 341 g/mol. The van der Waals surface area contributed by atoms with Crippen LogP contribution >= 0.6 is 0 Å². The molecule has 0 saturated carbocycles. The number of nitrogens with one attached hydrogen (secondary N) is 2. The Bertz CT molecular complexity index is 450. The predicted octanol–water partition coefficient (Wildman–Crippen LogP) is 1.27. The van der Waals surface area contributed by atoms with Crippen LogP contribution in [-0.2, 0) is 14.3 Å². The molecule has 7 heteroatoms. The van der Waals surface area contributed by atoms with E-state index in [9.17, 15) is 9.59 Å². The Morgan fingerprint density at radius 1 is 1.21 bits per heavy atom. The highest BCUT2D eigenvalue weighted by atomic mass is 16.6. The van der Waals surface area contributed by atoms with Crippen molar-refractivity contribution in [1.82, 2.24) is 15.5 Å². The molecule has 0 unspecified atom stereocenters. The number of carbonyl (C=O) groups excluding carboxylic acids is 2. The van der Waals surface area contributed by atoms with Gasteiger partial charge in [-0.2, -0.15) is 0 Å². The number of nitrogens with zero attached hydrogens (tertiary/aromatic N) is 1. The first-order chi connectivity index (χ1) is 11.3. The van der Waals surface area contributed by atoms with E-state index in [2.05, 4.69) is 15.5 Å². The predicted molar refractivity (Wildman–Crippen MR) is 90.8 cm³/mol. The number of ether oxygens (including phenoxy) is 2. The number of hydrogen-bond acceptors (Lipinski definition) is 6. The number of methoxy groups -OCH3 is 1. The van der Waals surface area contributed by atoms with Crippen LogP contribution in [0.3, 0.4) is 0 Å². The summed E-state index contributed by atoms with van der Waals surface area (Å²) in [5.74, 6) is -0.180. The third-order valence-corrected chi connectivity index (χ3v) is 4.55. The van der Waals surface area contributed by atoms with Gasteiger partial charge in [0.25, 0.3) is 0 Å². The maximum atomic E-state index is 12.1. The Morgan fingerprint density at radius 2 is 1.96 bits per heavy atom. The molecule has 2 rings (SSSR count). The number of alkyl carbamates (subject to hydrolysis) is 1. The number of esters is 1. The largest absolute Gasteiger partial charge is 0.468 e. The van der Waals surface area contributed by atoms with E-state index in [1.807, 2.05) is 20.8 Å². The molecule has 0 aliphatic carbocycles. The standard InChI is InChI=1S/C17H31N3O4/c1-17(2,3)24-16(22)19-12-10-18-9-5-6-13-7-8-14(15(21)23-4)20(13)11-12/h12-14,18H,5-11H2,1-4H3,(H,19,22)/t12-,13-,14-/m0/s1. The van der Waals surface area contributed by atoms with Crippen LogP contribution in [0.2, 0.25) is 0 Å². The van der Waals surface area contributed by atoms with Crippen LogP contribution in [0, 0.1) is 0 Å². The van der Waals surface area contributed by atoms with Gasteiger partial charge in [-0.15, -0.1) is 0 Å². The summed E-state index contributed by atoms with van der Waals surface area (Å²) in [5, 5.41) is 6.32. The SMILES string of the molecule is COC(=O)[C@@H]1CC[C@@H]2CCCNC[C@H](NC(=O)OC(C)(C)C)CN21. The van der Waals surface area contributed by atoms with Gasteiger partial charge < -0.3 is 20.1 Å². The summed E-state index contributed by atoms with van der Waals surface area (Å²) in [5.41, 5.74) is -0.527. The van der Waals surface area contributed by atoms with Gasteiger partial charge in [0.15, 0.2) is 0 Å². The van der Waals surface area contributed by atoms with Crippen molar-refractivity contribution in [1.29, 1.82) is 0 Å². The second-order valence-corrected chi connectivity index (χ2v) is 7.66. The van der Waals surface area contributed by atoms with Gasteiger partial charge in [0, 0.05) is 19.1 Å². The highest BCUT2D eigenvalue weighted by Gasteiger charge is 2.39. The zero-order valence-electron chi connectivity index (χ0n) is 15.3. The van der Waals surface area contributed by atoms with Gasteiger partial charge >= 0.3 is 12.1 Å². The fraction of sp³-hybridized carbons (Fsp3) is 0.882. The molecule has 2 heterocycles. The summed E-state index contributed by atoms with van der Waals surface area (Å²) in [4.78, 5) is 26.4. The quantitative estimate of drug-likeness (QED) is 0.737. The second kappa shape index (κ2) is 8.16. The fourth-order valence-corrected chi connectivity index (χ4v) is 3.54. The van der Waals surface area contributed by atoms with Crippen molar-refractivity contribution in [3.63, 3.8) is 0 Å². The Balaban J connectivity index is 2.04. The van der Waals surface area contributed by atoms with Gasteiger partial charge in [0.2, 0.25) is 0 Å². The smallest absolute Gasteiger partial charge is 0.407 e. The molecule has 2 aliphatic rings. The first-order valence-electron chi connectivity index (χ1n) is 8.84. The van der Waals surface area contributed by atoms with Gasteiger partial charge in [0.05, 0.1) is 13.2 Å². The number of hydrogen-bond donors (Lipinski definition) is 2. The molecule has 1 amide bonds. The van der Waals surface area contributed by atoms with E-state index in [0.29, 0.717) is 19.1 Å². The lowest BCUT2D eigenvalue weighted by atomic mass is 10.1. The average molecular weight is 341 g/mol. The van der Waals surface area contributed by atoms with Crippen molar-refractivity contribution in [3.05, 3.63) is 0 Å². The third kappa shape index (κ3) is 5.34. The molecule has 7 nitrogen and oxygen atoms in total. The normalized spacial score (nSPS) is 28.9. The lowest BCUT2D eigenvalue weighted by molar-refractivity contribution is -0.146. The number of rotatable bonds is 2. The van der Waals surface area contributed by atoms with Gasteiger partial charge in [0.1, 0.15) is 11.6 Å². The van der Waals surface area contributed by atoms with E-state index in [4.69, 9.17) is 9.47 Å². The van der Waals surface area contributed by atoms with Crippen LogP contribution in [-0.4, -0.2) is 67.4 Å². The summed E-state index contributed by atoms with van der Waals surface area (Å²) in [6, 6.07) is 0.0590. The van der Waals surface area contributed by atoms with Crippen molar-refractivity contribution >= 4 is 12.1 Å². The van der Waals surface area contributed by atoms with Gasteiger partial charge in [-0.05, 0) is 53.0 Å². The number of fused-ring (bicyclic) bond motifs is 1. The summed E-state index contributed by atoms with van der Waals surface area (Å²) < 4.78 is 10.3. The van der Waals surface area contributed by atoms with Crippen molar-refractivity contribution in [3.8, 4) is 0 Å². The minimum Gasteiger partial charge on any atom is -0.468 e. The van der Waals surface area contributed by atoms with Crippen LogP contribution in [0.1, 0.15) is 46.5 Å². The van der Waals surface area contributed by atoms with Crippen molar-refractivity contribution in [2.24, 2.45) is 0 Å². The molecular weight excluding hydrogens is 310 g/mol. The number of carbonyl (C=O) groups is 2. The maximum Gasteiger partial charge on any atom is 0.407 e. The zero-order chi connectivity index (χ0) is 17.7. The van der Waals surface area contributed by atoms with Crippen LogP contribution in [0.25, 0.3) is 0 Å². The Labute approximate surface area is 144 Å². The minimum absolute atomic E-state index is 0.106. The minimum atomic E-state index is -0.527. The zero-order valence-corrected chi connectivity index (χ0v) is 15.3. The van der Waals surface area contributed by atoms with E-state index < -0.39 is 11.7 Å². The summed E-state index contributed by atoms with van der Waals surface area (Å²) >= 11 is 0. The van der Waals surface area contributed by atoms with Crippen molar-refractivity contribution < 1.29 is 19.1 Å². The highest BCUT2D eigenvalue weighted by Crippen LogP contribution is 2.28. The lowest BCUT2D eigenvalue weighted by Crippen LogP contribution is -2.53. The fourth-order valence-electron chi connectivity index (χ4n) is 3.54. The van der Waals surface area contributed by atoms with Crippen LogP contribution < -0.4 is 10.6 Å². The molecule has 0 aromatic rings. The summed E-state index contributed by atoms with van der Waals surface area (Å²) in [7, 11) is 1.43. The maximum absolute atomic E-state index is 12.1. The average Bonchev–Trinajstić information content (AvgIpc) is 2.88. The molecule has 3 atom stereocenters. The molecule has 0 aromatic heterocycles. The van der Waals surface area contributed by atoms with E-state index in [1.54, 1.807) is 0 Å². The molecule has 2 aliphatic heterocycles. The van der Waals surface area contributed by atoms with Gasteiger partial charge in [-0.1, -0.05) is 0 Å². The first-order valence-corrected chi connectivity index (χ1v) is 8.84. The Hall–Kier alpha value is -1.34. The molecule has 138 valence electrons. The molecule has 0 aromatic carbocycles. The Morgan fingerprint density at radius 3 is 2.62 bits per heavy atom. The number of amides is 1. The van der Waals surface area contributed by atoms with Crippen molar-refractivity contribution in [2.45, 2.75) is 70.2 Å². The highest BCUT2D eigenvalue weighted by molar-refractivity contribution is 5.76. The molecule has 0 spiro atoms. The van der Waals surface area contributed by atoms with E-state index in [1.165, 1.54) is 7.11 Å². The Kier molecular flexibility index (Phi) is 6.46. The first kappa shape index (κ1) is 19.0. The molecule has 2 N–H and O–H groups in total. The van der Waals surface area contributed by atoms with Crippen LogP contribution in [0.4, 0.5) is 4.79 Å².